The van der Waals surface area contributed by atoms with E-state index in [0.29, 0.717) is 21.8 Å². The van der Waals surface area contributed by atoms with E-state index in [4.69, 9.17) is 5.26 Å². The van der Waals surface area contributed by atoms with Gasteiger partial charge < -0.3 is 0 Å². The molecule has 4 rings (SSSR count). The number of anilines is 1. The average Bonchev–Trinajstić information content (AvgIpc) is 3.18. The van der Waals surface area contributed by atoms with E-state index in [1.165, 1.54) is 34.7 Å². The van der Waals surface area contributed by atoms with Gasteiger partial charge >= 0.3 is 0 Å². The third-order valence-corrected chi connectivity index (χ3v) is 5.65. The fourth-order valence-electron chi connectivity index (χ4n) is 2.65. The number of nitrogens with zero attached hydrogens (tertiary/aromatic N) is 4. The Morgan fingerprint density at radius 3 is 2.57 bits per heavy atom. The van der Waals surface area contributed by atoms with Gasteiger partial charge in [-0.3, -0.25) is 4.79 Å². The van der Waals surface area contributed by atoms with E-state index in [-0.39, 0.29) is 5.82 Å². The predicted octanol–water partition coefficient (Wildman–Crippen LogP) is 5.75. The summed E-state index contributed by atoms with van der Waals surface area (Å²) < 4.78 is 15.0. The van der Waals surface area contributed by atoms with Crippen molar-refractivity contribution in [3.05, 3.63) is 93.7 Å². The zero-order valence-electron chi connectivity index (χ0n) is 15.3. The molecular formula is C22H12BrFN4OS. The van der Waals surface area contributed by atoms with E-state index in [1.54, 1.807) is 36.4 Å². The zero-order valence-corrected chi connectivity index (χ0v) is 17.7. The molecule has 0 fully saturated rings. The van der Waals surface area contributed by atoms with Crippen molar-refractivity contribution in [2.75, 3.05) is 5.01 Å². The van der Waals surface area contributed by atoms with Crippen molar-refractivity contribution in [3.8, 4) is 6.07 Å². The lowest BCUT2D eigenvalue weighted by Crippen LogP contribution is -2.25. The fourth-order valence-corrected chi connectivity index (χ4v) is 4.12. The Bertz CT molecular complexity index is 1290. The molecule has 0 saturated carbocycles. The van der Waals surface area contributed by atoms with E-state index in [2.05, 4.69) is 26.0 Å². The molecule has 0 spiro atoms. The third kappa shape index (κ3) is 4.27. The number of carbonyl (C=O) groups is 1. The molecular weight excluding hydrogens is 467 g/mol. The molecule has 4 aromatic rings. The van der Waals surface area contributed by atoms with Gasteiger partial charge in [0.05, 0.1) is 28.1 Å². The number of hydrogen-bond donors (Lipinski definition) is 0. The second kappa shape index (κ2) is 8.53. The number of thiazole rings is 1. The Balaban J connectivity index is 1.75. The van der Waals surface area contributed by atoms with E-state index in [1.807, 2.05) is 24.3 Å². The van der Waals surface area contributed by atoms with Crippen molar-refractivity contribution in [1.29, 1.82) is 5.26 Å². The van der Waals surface area contributed by atoms with Crippen molar-refractivity contribution in [2.45, 2.75) is 0 Å². The maximum absolute atomic E-state index is 13.2. The Morgan fingerprint density at radius 1 is 1.13 bits per heavy atom. The smallest absolute Gasteiger partial charge is 0.267 e. The summed E-state index contributed by atoms with van der Waals surface area (Å²) in [5.74, 6) is -0.745. The average molecular weight is 479 g/mol. The number of nitriles is 1. The van der Waals surface area contributed by atoms with E-state index >= 15 is 0 Å². The summed E-state index contributed by atoms with van der Waals surface area (Å²) in [5, 5.41) is 14.9. The van der Waals surface area contributed by atoms with Crippen molar-refractivity contribution in [1.82, 2.24) is 4.98 Å². The predicted molar refractivity (Wildman–Crippen MR) is 119 cm³/mol. The molecule has 0 atom stereocenters. The molecule has 0 aliphatic rings. The second-order valence-electron chi connectivity index (χ2n) is 6.21. The van der Waals surface area contributed by atoms with Crippen molar-refractivity contribution < 1.29 is 9.18 Å². The van der Waals surface area contributed by atoms with Crippen LogP contribution in [0.2, 0.25) is 0 Å². The number of aromatic nitrogens is 1. The minimum Gasteiger partial charge on any atom is -0.267 e. The van der Waals surface area contributed by atoms with E-state index in [0.717, 1.165) is 14.7 Å². The maximum Gasteiger partial charge on any atom is 0.280 e. The highest BCUT2D eigenvalue weighted by atomic mass is 79.9. The van der Waals surface area contributed by atoms with Crippen LogP contribution in [0, 0.1) is 17.1 Å². The first-order chi connectivity index (χ1) is 14.5. The molecule has 1 aromatic heterocycles. The zero-order chi connectivity index (χ0) is 21.1. The highest BCUT2D eigenvalue weighted by Crippen LogP contribution is 2.32. The molecule has 1 amide bonds. The van der Waals surface area contributed by atoms with Gasteiger partial charge in [0.1, 0.15) is 5.82 Å². The first kappa shape index (κ1) is 19.9. The highest BCUT2D eigenvalue weighted by Gasteiger charge is 2.21. The number of fused-ring (bicyclic) bond motifs is 1. The lowest BCUT2D eigenvalue weighted by Gasteiger charge is -2.13. The maximum atomic E-state index is 13.2. The minimum atomic E-state index is -0.393. The third-order valence-electron chi connectivity index (χ3n) is 4.17. The van der Waals surface area contributed by atoms with Gasteiger partial charge in [0.15, 0.2) is 0 Å². The van der Waals surface area contributed by atoms with E-state index in [9.17, 15) is 9.18 Å². The largest absolute Gasteiger partial charge is 0.280 e. The van der Waals surface area contributed by atoms with Gasteiger partial charge in [-0.05, 0) is 60.2 Å². The Kier molecular flexibility index (Phi) is 5.65. The minimum absolute atomic E-state index is 0.352. The summed E-state index contributed by atoms with van der Waals surface area (Å²) in [4.78, 5) is 17.7. The summed E-state index contributed by atoms with van der Waals surface area (Å²) in [6, 6.07) is 19.8. The first-order valence-corrected chi connectivity index (χ1v) is 10.3. The van der Waals surface area contributed by atoms with E-state index < -0.39 is 5.91 Å². The molecule has 5 nitrogen and oxygen atoms in total. The topological polar surface area (TPSA) is 69.3 Å². The van der Waals surface area contributed by atoms with Gasteiger partial charge in [0.2, 0.25) is 5.13 Å². The van der Waals surface area contributed by atoms with Crippen molar-refractivity contribution in [3.63, 3.8) is 0 Å². The summed E-state index contributed by atoms with van der Waals surface area (Å²) >= 11 is 4.76. The van der Waals surface area contributed by atoms with Crippen molar-refractivity contribution >= 4 is 54.7 Å². The Hall–Kier alpha value is -3.41. The molecule has 0 aliphatic heterocycles. The number of halogens is 2. The van der Waals surface area contributed by atoms with Crippen LogP contribution in [0.25, 0.3) is 10.2 Å². The first-order valence-electron chi connectivity index (χ1n) is 8.74. The second-order valence-corrected chi connectivity index (χ2v) is 8.14. The molecule has 0 N–H and O–H groups in total. The SMILES string of the molecule is N#Cc1ccc(C(=O)N(/N=C/c2ccc(F)cc2)c2nc3ccc(Br)cc3s2)cc1. The molecule has 0 bridgehead atoms. The molecule has 3 aromatic carbocycles. The van der Waals surface area contributed by atoms with Crippen LogP contribution in [0.15, 0.2) is 76.3 Å². The van der Waals surface area contributed by atoms with Crippen LogP contribution >= 0.6 is 27.3 Å². The molecule has 0 unspecified atom stereocenters. The van der Waals surface area contributed by atoms with Gasteiger partial charge in [-0.15, -0.1) is 0 Å². The number of amides is 1. The van der Waals surface area contributed by atoms with Crippen LogP contribution in [-0.2, 0) is 0 Å². The van der Waals surface area contributed by atoms with Gasteiger partial charge in [0.25, 0.3) is 5.91 Å². The summed E-state index contributed by atoms with van der Waals surface area (Å²) in [6.07, 6.45) is 1.48. The molecule has 0 aliphatic carbocycles. The molecule has 0 saturated heterocycles. The van der Waals surface area contributed by atoms with Crippen LogP contribution in [0.4, 0.5) is 9.52 Å². The van der Waals surface area contributed by atoms with Gasteiger partial charge in [-0.2, -0.15) is 15.4 Å². The lowest BCUT2D eigenvalue weighted by molar-refractivity contribution is 0.0988. The quantitative estimate of drug-likeness (QED) is 0.277. The van der Waals surface area contributed by atoms with Crippen molar-refractivity contribution in [2.24, 2.45) is 5.10 Å². The van der Waals surface area contributed by atoms with Crippen LogP contribution < -0.4 is 5.01 Å². The molecule has 30 heavy (non-hydrogen) atoms. The van der Waals surface area contributed by atoms with Gasteiger partial charge in [-0.25, -0.2) is 9.37 Å². The molecule has 0 radical (unpaired) electrons. The molecule has 1 heterocycles. The fraction of sp³-hybridized carbons (Fsp3) is 0. The number of rotatable bonds is 4. The normalized spacial score (nSPS) is 11.0. The summed E-state index contributed by atoms with van der Waals surface area (Å²) in [5.41, 5.74) is 2.20. The van der Waals surface area contributed by atoms with Gasteiger partial charge in [0, 0.05) is 10.0 Å². The Labute approximate surface area is 183 Å². The van der Waals surface area contributed by atoms with Crippen LogP contribution in [0.1, 0.15) is 21.5 Å². The number of hydrazone groups is 1. The molecule has 8 heteroatoms. The number of benzene rings is 3. The molecule has 146 valence electrons. The number of hydrogen-bond acceptors (Lipinski definition) is 5. The van der Waals surface area contributed by atoms with Crippen LogP contribution in [-0.4, -0.2) is 17.1 Å². The van der Waals surface area contributed by atoms with Crippen LogP contribution in [0.3, 0.4) is 0 Å². The van der Waals surface area contributed by atoms with Crippen LogP contribution in [0.5, 0.6) is 0 Å². The van der Waals surface area contributed by atoms with Gasteiger partial charge in [-0.1, -0.05) is 39.4 Å². The lowest BCUT2D eigenvalue weighted by atomic mass is 10.1. The highest BCUT2D eigenvalue weighted by molar-refractivity contribution is 9.10. The number of carbonyl (C=O) groups excluding carboxylic acids is 1. The standard InChI is InChI=1S/C22H12BrFN4OS/c23-17-7-10-19-20(11-17)30-22(27-19)28(26-13-15-3-8-18(24)9-4-15)21(29)16-5-1-14(12-25)2-6-16/h1-11,13H/b26-13+. The Morgan fingerprint density at radius 2 is 1.87 bits per heavy atom. The monoisotopic (exact) mass is 478 g/mol. The summed E-state index contributed by atoms with van der Waals surface area (Å²) in [7, 11) is 0. The summed E-state index contributed by atoms with van der Waals surface area (Å²) in [6.45, 7) is 0.